The van der Waals surface area contributed by atoms with Gasteiger partial charge in [0.1, 0.15) is 0 Å². The second-order valence-electron chi connectivity index (χ2n) is 6.78. The third kappa shape index (κ3) is 7.07. The van der Waals surface area contributed by atoms with E-state index in [0.29, 0.717) is 6.42 Å². The van der Waals surface area contributed by atoms with Crippen molar-refractivity contribution in [2.24, 2.45) is 0 Å². The largest absolute Gasteiger partial charge is 0.393 e. The molecule has 0 spiro atoms. The molecule has 5 heteroatoms. The molecule has 2 N–H and O–H groups in total. The Hall–Kier alpha value is -0.650. The third-order valence-electron chi connectivity index (χ3n) is 4.91. The van der Waals surface area contributed by atoms with E-state index >= 15 is 0 Å². The lowest BCUT2D eigenvalue weighted by atomic mass is 10.1. The zero-order valence-electron chi connectivity index (χ0n) is 13.9. The van der Waals surface area contributed by atoms with Gasteiger partial charge in [0.15, 0.2) is 0 Å². The minimum atomic E-state index is -0.122. The first-order valence-corrected chi connectivity index (χ1v) is 9.13. The molecule has 0 unspecified atom stereocenters. The van der Waals surface area contributed by atoms with Crippen molar-refractivity contribution < 1.29 is 9.90 Å². The van der Waals surface area contributed by atoms with Gasteiger partial charge in [-0.3, -0.25) is 4.79 Å². The Bertz CT molecular complexity index is 309. The maximum Gasteiger partial charge on any atom is 0.221 e. The van der Waals surface area contributed by atoms with E-state index in [9.17, 15) is 9.90 Å². The fourth-order valence-corrected chi connectivity index (χ4v) is 3.38. The number of hydrogen-bond donors (Lipinski definition) is 2. The van der Waals surface area contributed by atoms with E-state index in [1.54, 1.807) is 0 Å². The molecule has 2 aliphatic heterocycles. The molecule has 22 heavy (non-hydrogen) atoms. The van der Waals surface area contributed by atoms with Gasteiger partial charge >= 0.3 is 0 Å². The molecule has 0 aromatic rings. The molecule has 2 saturated heterocycles. The number of rotatable bonds is 6. The number of carbonyl (C=O) groups excluding carboxylic acids is 1. The van der Waals surface area contributed by atoms with Gasteiger partial charge in [-0.15, -0.1) is 0 Å². The zero-order valence-corrected chi connectivity index (χ0v) is 13.9. The molecule has 2 aliphatic rings. The van der Waals surface area contributed by atoms with Gasteiger partial charge in [0.05, 0.1) is 6.10 Å². The lowest BCUT2D eigenvalue weighted by molar-refractivity contribution is -0.121. The van der Waals surface area contributed by atoms with Crippen LogP contribution in [-0.2, 0) is 4.79 Å². The molecule has 0 bridgehead atoms. The summed E-state index contributed by atoms with van der Waals surface area (Å²) in [7, 11) is 0. The minimum Gasteiger partial charge on any atom is -0.393 e. The summed E-state index contributed by atoms with van der Waals surface area (Å²) >= 11 is 0. The Morgan fingerprint density at radius 3 is 2.18 bits per heavy atom. The van der Waals surface area contributed by atoms with Crippen molar-refractivity contribution in [3.63, 3.8) is 0 Å². The maximum atomic E-state index is 11.9. The average Bonchev–Trinajstić information content (AvgIpc) is 2.48. The van der Waals surface area contributed by atoms with Crippen LogP contribution in [-0.4, -0.2) is 72.7 Å². The number of aliphatic hydroxyl groups excluding tert-OH is 1. The minimum absolute atomic E-state index is 0.122. The fourth-order valence-electron chi connectivity index (χ4n) is 3.38. The zero-order chi connectivity index (χ0) is 15.6. The predicted octanol–water partition coefficient (Wildman–Crippen LogP) is 1.22. The van der Waals surface area contributed by atoms with E-state index in [-0.39, 0.29) is 12.0 Å². The van der Waals surface area contributed by atoms with Crippen LogP contribution in [0.4, 0.5) is 0 Å². The van der Waals surface area contributed by atoms with E-state index in [1.807, 2.05) is 0 Å². The Balaban J connectivity index is 1.51. The van der Waals surface area contributed by atoms with Crippen LogP contribution in [0.15, 0.2) is 0 Å². The topological polar surface area (TPSA) is 55.8 Å². The van der Waals surface area contributed by atoms with E-state index in [2.05, 4.69) is 15.1 Å². The molecule has 1 amide bonds. The quantitative estimate of drug-likeness (QED) is 0.774. The lowest BCUT2D eigenvalue weighted by Crippen LogP contribution is -2.41. The molecule has 2 fully saturated rings. The van der Waals surface area contributed by atoms with Crippen molar-refractivity contribution in [2.45, 2.75) is 57.5 Å². The van der Waals surface area contributed by atoms with Gasteiger partial charge in [-0.05, 0) is 38.8 Å². The number of aliphatic hydroxyl groups is 1. The summed E-state index contributed by atoms with van der Waals surface area (Å²) in [6.07, 6.45) is 8.85. The van der Waals surface area contributed by atoms with Crippen LogP contribution in [0.1, 0.15) is 51.4 Å². The van der Waals surface area contributed by atoms with Crippen LogP contribution < -0.4 is 5.32 Å². The highest BCUT2D eigenvalue weighted by molar-refractivity contribution is 5.76. The molecule has 0 aromatic carbocycles. The van der Waals surface area contributed by atoms with Gasteiger partial charge in [0.25, 0.3) is 0 Å². The first-order chi connectivity index (χ1) is 10.7. The van der Waals surface area contributed by atoms with Crippen LogP contribution in [0, 0.1) is 0 Å². The highest BCUT2D eigenvalue weighted by atomic mass is 16.3. The summed E-state index contributed by atoms with van der Waals surface area (Å²) in [5, 5.41) is 12.5. The van der Waals surface area contributed by atoms with Gasteiger partial charge in [0, 0.05) is 39.1 Å². The monoisotopic (exact) mass is 311 g/mol. The highest BCUT2D eigenvalue weighted by Crippen LogP contribution is 2.11. The highest BCUT2D eigenvalue weighted by Gasteiger charge is 2.16. The molecule has 0 aliphatic carbocycles. The summed E-state index contributed by atoms with van der Waals surface area (Å²) in [4.78, 5) is 16.7. The molecule has 2 heterocycles. The Kier molecular flexibility index (Phi) is 8.20. The predicted molar refractivity (Wildman–Crippen MR) is 88.8 cm³/mol. The van der Waals surface area contributed by atoms with Crippen molar-refractivity contribution in [3.05, 3.63) is 0 Å². The standard InChI is InChI=1S/C17H33N3O2/c21-16-6-12-20(13-7-16)15-9-18-17(22)8-14-19-10-4-2-1-3-5-11-19/h16,21H,1-15H2,(H,18,22). The van der Waals surface area contributed by atoms with Crippen LogP contribution in [0.25, 0.3) is 0 Å². The van der Waals surface area contributed by atoms with Crippen LogP contribution in [0.2, 0.25) is 0 Å². The Labute approximate surface area is 135 Å². The molecule has 0 radical (unpaired) electrons. The normalized spacial score (nSPS) is 23.0. The van der Waals surface area contributed by atoms with Crippen LogP contribution in [0.3, 0.4) is 0 Å². The van der Waals surface area contributed by atoms with Crippen molar-refractivity contribution in [2.75, 3.05) is 45.8 Å². The molecule has 2 rings (SSSR count). The summed E-state index contributed by atoms with van der Waals surface area (Å²) in [6.45, 7) is 6.75. The van der Waals surface area contributed by atoms with E-state index in [1.165, 1.54) is 32.1 Å². The summed E-state index contributed by atoms with van der Waals surface area (Å²) in [5.41, 5.74) is 0. The van der Waals surface area contributed by atoms with E-state index in [4.69, 9.17) is 0 Å². The lowest BCUT2D eigenvalue weighted by Gasteiger charge is -2.29. The number of carbonyl (C=O) groups is 1. The molecule has 128 valence electrons. The number of hydrogen-bond acceptors (Lipinski definition) is 4. The van der Waals surface area contributed by atoms with Gasteiger partial charge in [0.2, 0.25) is 5.91 Å². The Morgan fingerprint density at radius 2 is 1.50 bits per heavy atom. The molecule has 5 nitrogen and oxygen atoms in total. The second kappa shape index (κ2) is 10.2. The van der Waals surface area contributed by atoms with Crippen molar-refractivity contribution in [1.29, 1.82) is 0 Å². The smallest absolute Gasteiger partial charge is 0.221 e. The average molecular weight is 311 g/mol. The molecule has 0 atom stereocenters. The maximum absolute atomic E-state index is 11.9. The van der Waals surface area contributed by atoms with Gasteiger partial charge in [-0.2, -0.15) is 0 Å². The van der Waals surface area contributed by atoms with Gasteiger partial charge < -0.3 is 20.2 Å². The number of likely N-dealkylation sites (tertiary alicyclic amines) is 2. The molecule has 0 aromatic heterocycles. The summed E-state index contributed by atoms with van der Waals surface area (Å²) in [5.74, 6) is 0.180. The van der Waals surface area contributed by atoms with Crippen LogP contribution in [0.5, 0.6) is 0 Å². The van der Waals surface area contributed by atoms with Crippen molar-refractivity contribution >= 4 is 5.91 Å². The summed E-state index contributed by atoms with van der Waals surface area (Å²) in [6, 6.07) is 0. The van der Waals surface area contributed by atoms with E-state index < -0.39 is 0 Å². The SMILES string of the molecule is O=C(CCN1CCCCCCC1)NCCN1CCC(O)CC1. The molecular formula is C17H33N3O2. The van der Waals surface area contributed by atoms with Crippen molar-refractivity contribution in [3.8, 4) is 0 Å². The molecular weight excluding hydrogens is 278 g/mol. The van der Waals surface area contributed by atoms with Gasteiger partial charge in [-0.25, -0.2) is 0 Å². The first-order valence-electron chi connectivity index (χ1n) is 9.13. The number of nitrogens with zero attached hydrogens (tertiary/aromatic N) is 2. The van der Waals surface area contributed by atoms with Crippen LogP contribution >= 0.6 is 0 Å². The number of nitrogens with one attached hydrogen (secondary N) is 1. The second-order valence-corrected chi connectivity index (χ2v) is 6.78. The number of piperidine rings is 1. The van der Waals surface area contributed by atoms with Crippen molar-refractivity contribution in [1.82, 2.24) is 15.1 Å². The number of amides is 1. The fraction of sp³-hybridized carbons (Fsp3) is 0.941. The molecule has 0 saturated carbocycles. The first kappa shape index (κ1) is 17.7. The van der Waals surface area contributed by atoms with Gasteiger partial charge in [-0.1, -0.05) is 19.3 Å². The summed E-state index contributed by atoms with van der Waals surface area (Å²) < 4.78 is 0. The van der Waals surface area contributed by atoms with E-state index in [0.717, 1.165) is 58.7 Å². The Morgan fingerprint density at radius 1 is 0.909 bits per heavy atom. The third-order valence-corrected chi connectivity index (χ3v) is 4.91.